The molecule has 5 rings (SSSR count). The van der Waals surface area contributed by atoms with Gasteiger partial charge in [0.2, 0.25) is 5.91 Å². The molecule has 1 aromatic heterocycles. The van der Waals surface area contributed by atoms with Crippen LogP contribution in [0.25, 0.3) is 0 Å². The maximum atomic E-state index is 14.3. The fourth-order valence-electron chi connectivity index (χ4n) is 5.40. The number of aliphatic carboxylic acids is 1. The Morgan fingerprint density at radius 2 is 1.66 bits per heavy atom. The van der Waals surface area contributed by atoms with Gasteiger partial charge in [0.05, 0.1) is 12.0 Å². The summed E-state index contributed by atoms with van der Waals surface area (Å²) < 4.78 is 13.9. The van der Waals surface area contributed by atoms with E-state index in [9.17, 15) is 23.9 Å². The first-order chi connectivity index (χ1) is 16.8. The van der Waals surface area contributed by atoms with E-state index in [0.29, 0.717) is 24.0 Å². The lowest BCUT2D eigenvalue weighted by Crippen LogP contribution is -2.44. The van der Waals surface area contributed by atoms with Crippen LogP contribution in [0.3, 0.4) is 0 Å². The summed E-state index contributed by atoms with van der Waals surface area (Å²) in [7, 11) is 0. The largest absolute Gasteiger partial charge is 0.480 e. The lowest BCUT2D eigenvalue weighted by atomic mass is 9.77. The van der Waals surface area contributed by atoms with Crippen LogP contribution in [0.5, 0.6) is 0 Å². The van der Waals surface area contributed by atoms with Crippen LogP contribution < -0.4 is 0 Å². The highest BCUT2D eigenvalue weighted by molar-refractivity contribution is 7.10. The predicted octanol–water partition coefficient (Wildman–Crippen LogP) is 5.53. The number of thiophene rings is 1. The second-order valence-electron chi connectivity index (χ2n) is 9.50. The van der Waals surface area contributed by atoms with E-state index in [-0.39, 0.29) is 17.6 Å². The van der Waals surface area contributed by atoms with E-state index < -0.39 is 35.7 Å². The summed E-state index contributed by atoms with van der Waals surface area (Å²) in [5.41, 5.74) is 2.76. The van der Waals surface area contributed by atoms with Gasteiger partial charge in [-0.1, -0.05) is 36.4 Å². The van der Waals surface area contributed by atoms with Gasteiger partial charge < -0.3 is 10.0 Å². The number of nitrogens with zero attached hydrogens (tertiary/aromatic N) is 1. The van der Waals surface area contributed by atoms with Gasteiger partial charge >= 0.3 is 5.97 Å². The van der Waals surface area contributed by atoms with E-state index >= 15 is 0 Å². The van der Waals surface area contributed by atoms with Crippen molar-refractivity contribution in [3.63, 3.8) is 0 Å². The van der Waals surface area contributed by atoms with E-state index in [0.717, 1.165) is 16.0 Å². The molecule has 1 saturated carbocycles. The smallest absolute Gasteiger partial charge is 0.327 e. The van der Waals surface area contributed by atoms with Crippen molar-refractivity contribution in [2.75, 3.05) is 0 Å². The van der Waals surface area contributed by atoms with Crippen LogP contribution in [0.4, 0.5) is 4.39 Å². The summed E-state index contributed by atoms with van der Waals surface area (Å²) in [6.07, 6.45) is 1.41. The minimum Gasteiger partial charge on any atom is -0.480 e. The molecule has 4 atom stereocenters. The molecule has 180 valence electrons. The Kier molecular flexibility index (Phi) is 6.05. The van der Waals surface area contributed by atoms with Gasteiger partial charge in [-0.3, -0.25) is 9.59 Å². The Bertz CT molecular complexity index is 1300. The predicted molar refractivity (Wildman–Crippen MR) is 131 cm³/mol. The average Bonchev–Trinajstić information content (AvgIpc) is 3.51. The van der Waals surface area contributed by atoms with Crippen molar-refractivity contribution in [2.24, 2.45) is 11.8 Å². The highest BCUT2D eigenvalue weighted by Gasteiger charge is 2.59. The number of rotatable bonds is 6. The molecule has 3 aromatic rings. The normalized spacial score (nSPS) is 23.9. The van der Waals surface area contributed by atoms with Crippen molar-refractivity contribution in [1.82, 2.24) is 4.90 Å². The van der Waals surface area contributed by atoms with Gasteiger partial charge in [-0.15, -0.1) is 11.3 Å². The van der Waals surface area contributed by atoms with Crippen LogP contribution in [-0.2, 0) is 9.59 Å². The number of carbonyl (C=O) groups is 3. The molecule has 2 aromatic carbocycles. The zero-order valence-corrected chi connectivity index (χ0v) is 20.3. The average molecular weight is 492 g/mol. The van der Waals surface area contributed by atoms with Crippen LogP contribution in [0, 0.1) is 31.5 Å². The van der Waals surface area contributed by atoms with E-state index in [1.165, 1.54) is 28.4 Å². The van der Waals surface area contributed by atoms with E-state index in [2.05, 4.69) is 0 Å². The number of benzene rings is 2. The lowest BCUT2D eigenvalue weighted by molar-refractivity contribution is -0.150. The number of hydrogen-bond acceptors (Lipinski definition) is 4. The topological polar surface area (TPSA) is 74.7 Å². The minimum atomic E-state index is -1.20. The first-order valence-corrected chi connectivity index (χ1v) is 12.6. The minimum absolute atomic E-state index is 0.201. The Hall–Kier alpha value is -3.32. The number of aryl methyl sites for hydroxylation is 2. The summed E-state index contributed by atoms with van der Waals surface area (Å²) >= 11 is 1.41. The third kappa shape index (κ3) is 4.08. The summed E-state index contributed by atoms with van der Waals surface area (Å²) in [4.78, 5) is 42.9. The molecule has 35 heavy (non-hydrogen) atoms. The Labute approximate surface area is 207 Å². The fourth-order valence-corrected chi connectivity index (χ4v) is 6.50. The molecule has 4 unspecified atom stereocenters. The van der Waals surface area contributed by atoms with Crippen molar-refractivity contribution >= 4 is 29.0 Å². The van der Waals surface area contributed by atoms with Crippen molar-refractivity contribution in [2.45, 2.75) is 44.7 Å². The van der Waals surface area contributed by atoms with E-state index in [1.807, 2.05) is 37.4 Å². The quantitative estimate of drug-likeness (QED) is 0.460. The molecule has 0 spiro atoms. The third-order valence-electron chi connectivity index (χ3n) is 7.23. The molecule has 2 aliphatic rings. The molecular weight excluding hydrogens is 465 g/mol. The summed E-state index contributed by atoms with van der Waals surface area (Å²) in [5.74, 6) is -3.81. The zero-order valence-electron chi connectivity index (χ0n) is 19.5. The molecular formula is C28H26FNO4S. The molecule has 1 N–H and O–H groups in total. The highest BCUT2D eigenvalue weighted by atomic mass is 32.1. The van der Waals surface area contributed by atoms with Gasteiger partial charge in [-0.25, -0.2) is 9.18 Å². The molecule has 7 heteroatoms. The van der Waals surface area contributed by atoms with Crippen LogP contribution in [0.15, 0.2) is 60.0 Å². The number of Topliss-reactive ketones (excluding diaryl/α,β-unsaturated/α-hetero) is 1. The number of halogens is 1. The number of amides is 1. The Morgan fingerprint density at radius 1 is 0.971 bits per heavy atom. The first-order valence-electron chi connectivity index (χ1n) is 11.7. The van der Waals surface area contributed by atoms with Gasteiger partial charge in [-0.2, -0.15) is 0 Å². The number of hydrogen-bond donors (Lipinski definition) is 1. The number of carbonyl (C=O) groups excluding carboxylic acids is 2. The molecule has 1 aliphatic carbocycles. The first kappa shape index (κ1) is 23.4. The molecule has 2 fully saturated rings. The van der Waals surface area contributed by atoms with Crippen LogP contribution in [0.1, 0.15) is 56.7 Å². The lowest BCUT2D eigenvalue weighted by Gasteiger charge is -2.30. The summed E-state index contributed by atoms with van der Waals surface area (Å²) in [6.45, 7) is 3.75. The highest BCUT2D eigenvalue weighted by Crippen LogP contribution is 2.54. The van der Waals surface area contributed by atoms with Gasteiger partial charge in [0.25, 0.3) is 0 Å². The summed E-state index contributed by atoms with van der Waals surface area (Å²) in [6, 6.07) is 12.8. The molecule has 1 aliphatic heterocycles. The van der Waals surface area contributed by atoms with Crippen LogP contribution in [-0.4, -0.2) is 33.7 Å². The standard InChI is InChI=1S/C28H26FNO4S/c1-15-5-3-4-6-20(15)25(31)21-22(26-16(2)13-14-35-26)24(28(33)34)30(27(32)18-7-8-18)23(21)17-9-11-19(29)12-10-17/h3-6,9-14,18,21-24H,7-8H2,1-2H3,(H,33,34). The number of carboxylic acid groups (broad SMARTS) is 1. The second kappa shape index (κ2) is 9.04. The molecule has 0 bridgehead atoms. The van der Waals surface area contributed by atoms with E-state index in [1.54, 1.807) is 24.3 Å². The third-order valence-corrected chi connectivity index (χ3v) is 8.35. The monoisotopic (exact) mass is 491 g/mol. The van der Waals surface area contributed by atoms with Gasteiger partial charge in [0, 0.05) is 22.3 Å². The molecule has 1 amide bonds. The second-order valence-corrected chi connectivity index (χ2v) is 10.4. The fraction of sp³-hybridized carbons (Fsp3) is 0.321. The van der Waals surface area contributed by atoms with E-state index in [4.69, 9.17) is 0 Å². The van der Waals surface area contributed by atoms with Gasteiger partial charge in [-0.05, 0) is 67.0 Å². The van der Waals surface area contributed by atoms with Crippen molar-refractivity contribution in [1.29, 1.82) is 0 Å². The maximum absolute atomic E-state index is 14.3. The number of likely N-dealkylation sites (tertiary alicyclic amines) is 1. The number of carboxylic acids is 1. The molecule has 0 radical (unpaired) electrons. The number of ketones is 1. The van der Waals surface area contributed by atoms with Gasteiger partial charge in [0.1, 0.15) is 11.9 Å². The zero-order chi connectivity index (χ0) is 24.9. The van der Waals surface area contributed by atoms with Gasteiger partial charge in [0.15, 0.2) is 5.78 Å². The molecule has 1 saturated heterocycles. The Morgan fingerprint density at radius 3 is 2.23 bits per heavy atom. The molecule has 2 heterocycles. The van der Waals surface area contributed by atoms with Crippen molar-refractivity contribution < 1.29 is 23.9 Å². The SMILES string of the molecule is Cc1ccccc1C(=O)C1C(c2sccc2C)C(C(=O)O)N(C(=O)C2CC2)C1c1ccc(F)cc1. The molecule has 5 nitrogen and oxygen atoms in total. The maximum Gasteiger partial charge on any atom is 0.327 e. The van der Waals surface area contributed by atoms with Crippen molar-refractivity contribution in [3.05, 3.63) is 92.9 Å². The van der Waals surface area contributed by atoms with Crippen molar-refractivity contribution in [3.8, 4) is 0 Å². The van der Waals surface area contributed by atoms with Crippen LogP contribution >= 0.6 is 11.3 Å². The van der Waals surface area contributed by atoms with Crippen LogP contribution in [0.2, 0.25) is 0 Å². The Balaban J connectivity index is 1.76. The summed E-state index contributed by atoms with van der Waals surface area (Å²) in [5, 5.41) is 12.4.